The second-order valence-electron chi connectivity index (χ2n) is 5.78. The first-order chi connectivity index (χ1) is 12.0. The van der Waals surface area contributed by atoms with Gasteiger partial charge in [-0.25, -0.2) is 0 Å². The number of nitrogens with zero attached hydrogens (tertiary/aromatic N) is 2. The number of hydrogen-bond donors (Lipinski definition) is 2. The van der Waals surface area contributed by atoms with Gasteiger partial charge in [0.1, 0.15) is 5.56 Å². The molecule has 1 aromatic carbocycles. The number of aromatic nitrogens is 2. The summed E-state index contributed by atoms with van der Waals surface area (Å²) >= 11 is 5.14. The maximum atomic E-state index is 12.1. The lowest BCUT2D eigenvalue weighted by molar-refractivity contribution is 0.174. The van der Waals surface area contributed by atoms with Crippen molar-refractivity contribution >= 4 is 18.4 Å². The van der Waals surface area contributed by atoms with Crippen molar-refractivity contribution in [3.05, 3.63) is 44.5 Å². The molecule has 0 saturated heterocycles. The second-order valence-corrected chi connectivity index (χ2v) is 6.17. The third kappa shape index (κ3) is 3.43. The van der Waals surface area contributed by atoms with Crippen molar-refractivity contribution in [1.29, 1.82) is 0 Å². The molecule has 0 radical (unpaired) electrons. The molecule has 1 aliphatic heterocycles. The van der Waals surface area contributed by atoms with Gasteiger partial charge in [-0.1, -0.05) is 13.0 Å². The van der Waals surface area contributed by atoms with Crippen LogP contribution in [0.2, 0.25) is 0 Å². The van der Waals surface area contributed by atoms with Crippen LogP contribution in [0.3, 0.4) is 0 Å². The molecule has 1 unspecified atom stereocenters. The summed E-state index contributed by atoms with van der Waals surface area (Å²) in [5, 5.41) is 10.4. The highest BCUT2D eigenvalue weighted by Crippen LogP contribution is 2.32. The molecule has 0 bridgehead atoms. The normalized spacial score (nSPS) is 14.2. The zero-order valence-electron chi connectivity index (χ0n) is 14.0. The molecule has 1 aliphatic rings. The van der Waals surface area contributed by atoms with Crippen molar-refractivity contribution in [2.24, 2.45) is 4.99 Å². The highest BCUT2D eigenvalue weighted by molar-refractivity contribution is 7.71. The summed E-state index contributed by atoms with van der Waals surface area (Å²) in [5.74, 6) is 1.22. The van der Waals surface area contributed by atoms with E-state index in [2.05, 4.69) is 9.98 Å². The molecule has 8 heteroatoms. The Kier molecular flexibility index (Phi) is 4.89. The molecule has 0 fully saturated rings. The number of nitrogens with one attached hydrogen (secondary N) is 1. The van der Waals surface area contributed by atoms with Crippen molar-refractivity contribution < 1.29 is 14.6 Å². The number of benzene rings is 1. The van der Waals surface area contributed by atoms with Gasteiger partial charge in [-0.3, -0.25) is 19.3 Å². The third-order valence-electron chi connectivity index (χ3n) is 4.12. The van der Waals surface area contributed by atoms with E-state index in [-0.39, 0.29) is 29.0 Å². The lowest BCUT2D eigenvalue weighted by Gasteiger charge is -2.16. The smallest absolute Gasteiger partial charge is 0.264 e. The Morgan fingerprint density at radius 1 is 1.44 bits per heavy atom. The van der Waals surface area contributed by atoms with Crippen molar-refractivity contribution in [1.82, 2.24) is 9.55 Å². The molecule has 1 atom stereocenters. The molecule has 2 N–H and O–H groups in total. The van der Waals surface area contributed by atoms with Gasteiger partial charge in [0.25, 0.3) is 5.56 Å². The largest absolute Gasteiger partial charge is 0.494 e. The van der Waals surface area contributed by atoms with Crippen LogP contribution < -0.4 is 15.0 Å². The standard InChI is InChI=1S/C17H19N3O4S/c1-3-10(2)20-16(22)12(15(21)19-17(20)25)8-18-7-11-4-5-13-14(6-11)24-9-23-13/h4-6,8,10,22H,3,7,9H2,1-2H3,(H,19,21,25). The van der Waals surface area contributed by atoms with Gasteiger partial charge in [-0.2, -0.15) is 0 Å². The van der Waals surface area contributed by atoms with Crippen LogP contribution in [-0.4, -0.2) is 27.7 Å². The van der Waals surface area contributed by atoms with Crippen LogP contribution in [0.25, 0.3) is 0 Å². The van der Waals surface area contributed by atoms with Crippen molar-refractivity contribution in [2.45, 2.75) is 32.9 Å². The lowest BCUT2D eigenvalue weighted by atomic mass is 10.2. The number of aromatic hydroxyl groups is 1. The summed E-state index contributed by atoms with van der Waals surface area (Å²) < 4.78 is 12.3. The van der Waals surface area contributed by atoms with Crippen LogP contribution in [0, 0.1) is 4.77 Å². The predicted octanol–water partition coefficient (Wildman–Crippen LogP) is 2.93. The summed E-state index contributed by atoms with van der Waals surface area (Å²) in [5.41, 5.74) is 0.539. The highest BCUT2D eigenvalue weighted by Gasteiger charge is 2.15. The molecule has 2 aromatic rings. The Hall–Kier alpha value is -2.61. The van der Waals surface area contributed by atoms with Crippen LogP contribution in [0.4, 0.5) is 0 Å². The Balaban J connectivity index is 1.86. The van der Waals surface area contributed by atoms with Gasteiger partial charge in [0.15, 0.2) is 16.3 Å². The topological polar surface area (TPSA) is 88.8 Å². The molecule has 3 rings (SSSR count). The van der Waals surface area contributed by atoms with E-state index >= 15 is 0 Å². The molecule has 1 aromatic heterocycles. The summed E-state index contributed by atoms with van der Waals surface area (Å²) in [4.78, 5) is 18.9. The zero-order valence-corrected chi connectivity index (χ0v) is 14.8. The summed E-state index contributed by atoms with van der Waals surface area (Å²) in [6, 6.07) is 5.50. The first kappa shape index (κ1) is 17.2. The van der Waals surface area contributed by atoms with E-state index in [1.807, 2.05) is 32.0 Å². The average molecular weight is 361 g/mol. The molecule has 0 amide bonds. The molecule has 7 nitrogen and oxygen atoms in total. The van der Waals surface area contributed by atoms with E-state index in [9.17, 15) is 9.90 Å². The van der Waals surface area contributed by atoms with E-state index < -0.39 is 5.56 Å². The summed E-state index contributed by atoms with van der Waals surface area (Å²) in [6.07, 6.45) is 2.13. The number of hydrogen-bond acceptors (Lipinski definition) is 6. The van der Waals surface area contributed by atoms with E-state index in [0.29, 0.717) is 18.0 Å². The van der Waals surface area contributed by atoms with Gasteiger partial charge < -0.3 is 14.6 Å². The maximum Gasteiger partial charge on any atom is 0.264 e. The van der Waals surface area contributed by atoms with Crippen molar-refractivity contribution in [2.75, 3.05) is 6.79 Å². The predicted molar refractivity (Wildman–Crippen MR) is 96.4 cm³/mol. The van der Waals surface area contributed by atoms with Gasteiger partial charge >= 0.3 is 0 Å². The monoisotopic (exact) mass is 361 g/mol. The fraction of sp³-hybridized carbons (Fsp3) is 0.353. The molecular formula is C17H19N3O4S. The van der Waals surface area contributed by atoms with Gasteiger partial charge in [0.05, 0.1) is 6.54 Å². The minimum Gasteiger partial charge on any atom is -0.494 e. The van der Waals surface area contributed by atoms with E-state index in [0.717, 1.165) is 12.0 Å². The Morgan fingerprint density at radius 2 is 2.20 bits per heavy atom. The van der Waals surface area contributed by atoms with E-state index in [1.54, 1.807) is 0 Å². The average Bonchev–Trinajstić information content (AvgIpc) is 3.05. The molecule has 0 saturated carbocycles. The van der Waals surface area contributed by atoms with E-state index in [4.69, 9.17) is 21.7 Å². The molecular weight excluding hydrogens is 342 g/mol. The van der Waals surface area contributed by atoms with E-state index in [1.165, 1.54) is 10.8 Å². The number of ether oxygens (including phenoxy) is 2. The summed E-state index contributed by atoms with van der Waals surface area (Å²) in [6.45, 7) is 4.45. The number of H-pyrrole nitrogens is 1. The first-order valence-corrected chi connectivity index (χ1v) is 8.38. The highest BCUT2D eigenvalue weighted by atomic mass is 32.1. The number of rotatable bonds is 5. The lowest BCUT2D eigenvalue weighted by Crippen LogP contribution is -2.20. The molecule has 25 heavy (non-hydrogen) atoms. The van der Waals surface area contributed by atoms with Gasteiger partial charge in [-0.15, -0.1) is 0 Å². The van der Waals surface area contributed by atoms with Crippen LogP contribution in [0.1, 0.15) is 37.4 Å². The minimum absolute atomic E-state index is 0.0367. The molecule has 0 spiro atoms. The number of aromatic amines is 1. The van der Waals surface area contributed by atoms with Crippen LogP contribution in [0.15, 0.2) is 28.0 Å². The second kappa shape index (κ2) is 7.10. The zero-order chi connectivity index (χ0) is 18.0. The fourth-order valence-electron chi connectivity index (χ4n) is 2.54. The van der Waals surface area contributed by atoms with Gasteiger partial charge in [-0.05, 0) is 43.3 Å². The number of fused-ring (bicyclic) bond motifs is 1. The van der Waals surface area contributed by atoms with Crippen LogP contribution in [-0.2, 0) is 6.54 Å². The fourth-order valence-corrected chi connectivity index (χ4v) is 2.90. The SMILES string of the molecule is CCC(C)n1c(O)c(C=NCc2ccc3c(c2)OCO3)c(=O)[nH]c1=S. The third-order valence-corrected chi connectivity index (χ3v) is 4.41. The molecule has 0 aliphatic carbocycles. The maximum absolute atomic E-state index is 12.1. The van der Waals surface area contributed by atoms with Gasteiger partial charge in [0.2, 0.25) is 12.7 Å². The Labute approximate surface area is 149 Å². The Morgan fingerprint density at radius 3 is 2.96 bits per heavy atom. The summed E-state index contributed by atoms with van der Waals surface area (Å²) in [7, 11) is 0. The van der Waals surface area contributed by atoms with Gasteiger partial charge in [0, 0.05) is 12.3 Å². The van der Waals surface area contributed by atoms with Crippen LogP contribution >= 0.6 is 12.2 Å². The van der Waals surface area contributed by atoms with Crippen molar-refractivity contribution in [3.8, 4) is 17.4 Å². The van der Waals surface area contributed by atoms with Crippen molar-refractivity contribution in [3.63, 3.8) is 0 Å². The van der Waals surface area contributed by atoms with Crippen LogP contribution in [0.5, 0.6) is 17.4 Å². The Bertz CT molecular complexity index is 932. The number of aliphatic imine (C=N–C) groups is 1. The molecule has 2 heterocycles. The minimum atomic E-state index is -0.462. The quantitative estimate of drug-likeness (QED) is 0.631. The molecule has 132 valence electrons. The first-order valence-electron chi connectivity index (χ1n) is 7.97.